The SMILES string of the molecule is O=C(O)[C@H](Cc1ccccc1)N(Cc1ccc(-c2cccc(C(F)(F)F)c2)o1)C(=O)c1ccc(Cl)cc1Cl. The third kappa shape index (κ3) is 6.38. The van der Waals surface area contributed by atoms with Crippen molar-refractivity contribution in [3.8, 4) is 11.3 Å². The Balaban J connectivity index is 1.70. The van der Waals surface area contributed by atoms with E-state index in [4.69, 9.17) is 27.6 Å². The van der Waals surface area contributed by atoms with E-state index in [1.165, 1.54) is 42.5 Å². The van der Waals surface area contributed by atoms with Gasteiger partial charge >= 0.3 is 12.1 Å². The molecule has 5 nitrogen and oxygen atoms in total. The Hall–Kier alpha value is -3.75. The maximum Gasteiger partial charge on any atom is 0.416 e. The summed E-state index contributed by atoms with van der Waals surface area (Å²) in [6, 6.07) is 19.3. The van der Waals surface area contributed by atoms with Crippen molar-refractivity contribution in [3.05, 3.63) is 117 Å². The fraction of sp³-hybridized carbons (Fsp3) is 0.143. The van der Waals surface area contributed by atoms with E-state index >= 15 is 0 Å². The number of hydrogen-bond acceptors (Lipinski definition) is 3. The van der Waals surface area contributed by atoms with Gasteiger partial charge in [-0.15, -0.1) is 0 Å². The van der Waals surface area contributed by atoms with E-state index in [1.807, 2.05) is 0 Å². The number of carboxylic acid groups (broad SMARTS) is 1. The normalized spacial score (nSPS) is 12.2. The number of alkyl halides is 3. The van der Waals surface area contributed by atoms with Crippen molar-refractivity contribution < 1.29 is 32.3 Å². The van der Waals surface area contributed by atoms with Crippen molar-refractivity contribution in [1.82, 2.24) is 4.90 Å². The summed E-state index contributed by atoms with van der Waals surface area (Å²) in [6.45, 7) is -0.277. The van der Waals surface area contributed by atoms with E-state index in [9.17, 15) is 27.9 Å². The Kier molecular flexibility index (Phi) is 8.14. The van der Waals surface area contributed by atoms with Crippen molar-refractivity contribution in [3.63, 3.8) is 0 Å². The number of halogens is 5. The molecule has 4 aromatic rings. The highest BCUT2D eigenvalue weighted by Crippen LogP contribution is 2.33. The zero-order valence-electron chi connectivity index (χ0n) is 19.6. The summed E-state index contributed by atoms with van der Waals surface area (Å²) >= 11 is 12.2. The minimum Gasteiger partial charge on any atom is -0.480 e. The molecule has 0 spiro atoms. The lowest BCUT2D eigenvalue weighted by Crippen LogP contribution is -2.46. The van der Waals surface area contributed by atoms with Gasteiger partial charge in [0.2, 0.25) is 0 Å². The summed E-state index contributed by atoms with van der Waals surface area (Å²) in [4.78, 5) is 27.1. The first-order valence-corrected chi connectivity index (χ1v) is 12.1. The number of amides is 1. The standard InChI is InChI=1S/C28H20Cl2F3NO4/c29-20-9-11-22(23(30)15-20)26(35)34(24(27(36)37)13-17-5-2-1-3-6-17)16-21-10-12-25(38-21)18-7-4-8-19(14-18)28(31,32)33/h1-12,14-15,24H,13,16H2,(H,36,37)/t24-/m0/s1. The maximum absolute atomic E-state index is 13.6. The number of carboxylic acids is 1. The molecular formula is C28H20Cl2F3NO4. The van der Waals surface area contributed by atoms with Gasteiger partial charge < -0.3 is 14.4 Å². The van der Waals surface area contributed by atoms with E-state index in [1.54, 1.807) is 30.3 Å². The topological polar surface area (TPSA) is 70.8 Å². The lowest BCUT2D eigenvalue weighted by Gasteiger charge is -2.29. The van der Waals surface area contributed by atoms with Crippen LogP contribution in [0, 0.1) is 0 Å². The lowest BCUT2D eigenvalue weighted by atomic mass is 10.0. The van der Waals surface area contributed by atoms with E-state index in [-0.39, 0.29) is 40.6 Å². The van der Waals surface area contributed by atoms with Crippen molar-refractivity contribution in [2.75, 3.05) is 0 Å². The lowest BCUT2D eigenvalue weighted by molar-refractivity contribution is -0.142. The average Bonchev–Trinajstić information content (AvgIpc) is 3.34. The van der Waals surface area contributed by atoms with E-state index in [0.29, 0.717) is 10.6 Å². The molecular weight excluding hydrogens is 542 g/mol. The van der Waals surface area contributed by atoms with Gasteiger partial charge in [0.25, 0.3) is 5.91 Å². The fourth-order valence-corrected chi connectivity index (χ4v) is 4.43. The molecule has 4 rings (SSSR count). The molecule has 1 N–H and O–H groups in total. The molecule has 0 radical (unpaired) electrons. The quantitative estimate of drug-likeness (QED) is 0.240. The zero-order chi connectivity index (χ0) is 27.4. The van der Waals surface area contributed by atoms with Gasteiger partial charge in [0.15, 0.2) is 0 Å². The first-order chi connectivity index (χ1) is 18.0. The minimum atomic E-state index is -4.53. The Bertz CT molecular complexity index is 1450. The average molecular weight is 562 g/mol. The number of aliphatic carboxylic acids is 1. The molecule has 0 saturated heterocycles. The Morgan fingerprint density at radius 2 is 1.66 bits per heavy atom. The highest BCUT2D eigenvalue weighted by molar-refractivity contribution is 6.36. The fourth-order valence-electron chi connectivity index (χ4n) is 3.94. The van der Waals surface area contributed by atoms with Crippen LogP contribution in [0.4, 0.5) is 13.2 Å². The highest BCUT2D eigenvalue weighted by Gasteiger charge is 2.33. The summed E-state index contributed by atoms with van der Waals surface area (Å²) in [6.07, 6.45) is -4.53. The summed E-state index contributed by atoms with van der Waals surface area (Å²) in [5.74, 6) is -1.61. The third-order valence-electron chi connectivity index (χ3n) is 5.82. The highest BCUT2D eigenvalue weighted by atomic mass is 35.5. The summed E-state index contributed by atoms with van der Waals surface area (Å²) in [5, 5.41) is 10.4. The predicted molar refractivity (Wildman–Crippen MR) is 137 cm³/mol. The Morgan fingerprint density at radius 1 is 0.921 bits per heavy atom. The Morgan fingerprint density at radius 3 is 2.32 bits per heavy atom. The molecule has 196 valence electrons. The number of nitrogens with zero attached hydrogens (tertiary/aromatic N) is 1. The summed E-state index contributed by atoms with van der Waals surface area (Å²) < 4.78 is 45.3. The zero-order valence-corrected chi connectivity index (χ0v) is 21.1. The van der Waals surface area contributed by atoms with Crippen LogP contribution < -0.4 is 0 Å². The monoisotopic (exact) mass is 561 g/mol. The minimum absolute atomic E-state index is 0.00564. The van der Waals surface area contributed by atoms with Gasteiger partial charge in [0, 0.05) is 17.0 Å². The second-order valence-electron chi connectivity index (χ2n) is 8.45. The molecule has 0 fully saturated rings. The molecule has 0 aliphatic carbocycles. The number of furan rings is 1. The molecule has 3 aromatic carbocycles. The molecule has 0 saturated carbocycles. The molecule has 1 amide bonds. The molecule has 0 unspecified atom stereocenters. The van der Waals surface area contributed by atoms with Crippen LogP contribution in [0.25, 0.3) is 11.3 Å². The van der Waals surface area contributed by atoms with Gasteiger partial charge in [-0.3, -0.25) is 4.79 Å². The van der Waals surface area contributed by atoms with Gasteiger partial charge in [-0.1, -0.05) is 65.7 Å². The van der Waals surface area contributed by atoms with Crippen LogP contribution in [0.1, 0.15) is 27.2 Å². The van der Waals surface area contributed by atoms with E-state index < -0.39 is 29.7 Å². The predicted octanol–water partition coefficient (Wildman–Crippen LogP) is 7.61. The molecule has 1 heterocycles. The second kappa shape index (κ2) is 11.3. The van der Waals surface area contributed by atoms with Crippen LogP contribution >= 0.6 is 23.2 Å². The number of carbonyl (C=O) groups excluding carboxylic acids is 1. The summed E-state index contributed by atoms with van der Waals surface area (Å²) in [7, 11) is 0. The molecule has 1 aromatic heterocycles. The van der Waals surface area contributed by atoms with Crippen LogP contribution in [0.2, 0.25) is 10.0 Å². The molecule has 38 heavy (non-hydrogen) atoms. The number of rotatable bonds is 8. The van der Waals surface area contributed by atoms with Crippen LogP contribution in [0.5, 0.6) is 0 Å². The van der Waals surface area contributed by atoms with Crippen LogP contribution in [0.3, 0.4) is 0 Å². The van der Waals surface area contributed by atoms with E-state index in [0.717, 1.165) is 17.0 Å². The van der Waals surface area contributed by atoms with Gasteiger partial charge in [0.05, 0.1) is 22.7 Å². The molecule has 0 bridgehead atoms. The van der Waals surface area contributed by atoms with Crippen molar-refractivity contribution in [2.24, 2.45) is 0 Å². The van der Waals surface area contributed by atoms with Gasteiger partial charge in [-0.2, -0.15) is 13.2 Å². The molecule has 10 heteroatoms. The van der Waals surface area contributed by atoms with Gasteiger partial charge in [0.1, 0.15) is 17.6 Å². The molecule has 0 aliphatic heterocycles. The summed E-state index contributed by atoms with van der Waals surface area (Å²) in [5.41, 5.74) is 0.0729. The first-order valence-electron chi connectivity index (χ1n) is 11.3. The molecule has 0 aliphatic rings. The Labute approximate surface area is 226 Å². The van der Waals surface area contributed by atoms with Crippen molar-refractivity contribution in [1.29, 1.82) is 0 Å². The van der Waals surface area contributed by atoms with Crippen LogP contribution in [-0.2, 0) is 23.9 Å². The van der Waals surface area contributed by atoms with Crippen LogP contribution in [0.15, 0.2) is 89.3 Å². The van der Waals surface area contributed by atoms with Crippen molar-refractivity contribution >= 4 is 35.1 Å². The second-order valence-corrected chi connectivity index (χ2v) is 9.29. The van der Waals surface area contributed by atoms with Crippen molar-refractivity contribution in [2.45, 2.75) is 25.2 Å². The van der Waals surface area contributed by atoms with Crippen LogP contribution in [-0.4, -0.2) is 27.9 Å². The number of hydrogen-bond donors (Lipinski definition) is 1. The third-order valence-corrected chi connectivity index (χ3v) is 6.37. The first kappa shape index (κ1) is 27.3. The number of carbonyl (C=O) groups is 2. The smallest absolute Gasteiger partial charge is 0.416 e. The molecule has 1 atom stereocenters. The largest absolute Gasteiger partial charge is 0.480 e. The van der Waals surface area contributed by atoms with E-state index in [2.05, 4.69) is 0 Å². The number of benzene rings is 3. The van der Waals surface area contributed by atoms with Gasteiger partial charge in [-0.05, 0) is 48.0 Å². The maximum atomic E-state index is 13.6. The van der Waals surface area contributed by atoms with Gasteiger partial charge in [-0.25, -0.2) is 4.79 Å².